The molecule has 1 amide bonds. The molecule has 0 unspecified atom stereocenters. The van der Waals surface area contributed by atoms with Crippen LogP contribution in [0.15, 0.2) is 53.3 Å². The number of pyridine rings is 1. The largest absolute Gasteiger partial charge is 0.382 e. The number of nitrogens with zero attached hydrogens (tertiary/aromatic N) is 2. The molecule has 0 N–H and O–H groups in total. The van der Waals surface area contributed by atoms with Gasteiger partial charge in [0.15, 0.2) is 0 Å². The van der Waals surface area contributed by atoms with Crippen LogP contribution in [0.3, 0.4) is 0 Å². The fraction of sp³-hybridized carbons (Fsp3) is 0.429. The molecule has 2 atom stereocenters. The summed E-state index contributed by atoms with van der Waals surface area (Å²) >= 11 is 0. The minimum absolute atomic E-state index is 0.0509. The van der Waals surface area contributed by atoms with E-state index in [1.54, 1.807) is 26.3 Å². The number of carbonyl (C=O) groups is 1. The summed E-state index contributed by atoms with van der Waals surface area (Å²) in [4.78, 5) is 27.0. The summed E-state index contributed by atoms with van der Waals surface area (Å²) in [5.41, 5.74) is 1.37. The zero-order chi connectivity index (χ0) is 19.2. The lowest BCUT2D eigenvalue weighted by molar-refractivity contribution is 0.000354. The summed E-state index contributed by atoms with van der Waals surface area (Å²) in [5.74, 6) is -0.131. The molecule has 6 heteroatoms. The lowest BCUT2D eigenvalue weighted by Gasteiger charge is -2.29. The number of aromatic nitrogens is 1. The van der Waals surface area contributed by atoms with Gasteiger partial charge in [0.05, 0.1) is 25.4 Å². The van der Waals surface area contributed by atoms with E-state index in [4.69, 9.17) is 9.47 Å². The van der Waals surface area contributed by atoms with Crippen LogP contribution in [0.1, 0.15) is 22.5 Å². The summed E-state index contributed by atoms with van der Waals surface area (Å²) in [6, 6.07) is 14.8. The normalized spacial score (nSPS) is 19.4. The Bertz CT molecular complexity index is 818. The highest BCUT2D eigenvalue weighted by atomic mass is 16.5. The number of ether oxygens (including phenoxy) is 2. The second kappa shape index (κ2) is 8.97. The SMILES string of the molecule is COCCO[C@@H]1CCN(C(=O)c2cccc(=O)n2C)[C@H]1Cc1ccccc1. The predicted octanol–water partition coefficient (Wildman–Crippen LogP) is 1.87. The number of hydrogen-bond acceptors (Lipinski definition) is 4. The molecule has 1 aromatic heterocycles. The van der Waals surface area contributed by atoms with Crippen LogP contribution in [-0.4, -0.2) is 54.4 Å². The average Bonchev–Trinajstić information content (AvgIpc) is 3.07. The minimum atomic E-state index is -0.187. The van der Waals surface area contributed by atoms with Gasteiger partial charge < -0.3 is 18.9 Å². The minimum Gasteiger partial charge on any atom is -0.382 e. The molecule has 3 rings (SSSR count). The highest BCUT2D eigenvalue weighted by molar-refractivity contribution is 5.93. The molecular formula is C21H26N2O4. The molecule has 6 nitrogen and oxygen atoms in total. The molecule has 0 radical (unpaired) electrons. The van der Waals surface area contributed by atoms with Crippen molar-refractivity contribution in [2.45, 2.75) is 25.0 Å². The van der Waals surface area contributed by atoms with Gasteiger partial charge in [-0.3, -0.25) is 9.59 Å². The van der Waals surface area contributed by atoms with E-state index in [9.17, 15) is 9.59 Å². The smallest absolute Gasteiger partial charge is 0.270 e. The van der Waals surface area contributed by atoms with E-state index >= 15 is 0 Å². The molecule has 0 spiro atoms. The van der Waals surface area contributed by atoms with E-state index in [1.807, 2.05) is 23.1 Å². The van der Waals surface area contributed by atoms with Gasteiger partial charge in [0, 0.05) is 26.8 Å². The molecule has 1 aliphatic heterocycles. The van der Waals surface area contributed by atoms with E-state index < -0.39 is 0 Å². The second-order valence-corrected chi connectivity index (χ2v) is 6.75. The van der Waals surface area contributed by atoms with Crippen LogP contribution < -0.4 is 5.56 Å². The van der Waals surface area contributed by atoms with Gasteiger partial charge >= 0.3 is 0 Å². The van der Waals surface area contributed by atoms with Gasteiger partial charge in [-0.2, -0.15) is 0 Å². The van der Waals surface area contributed by atoms with E-state index in [2.05, 4.69) is 12.1 Å². The third-order valence-electron chi connectivity index (χ3n) is 5.06. The summed E-state index contributed by atoms with van der Waals surface area (Å²) < 4.78 is 12.5. The van der Waals surface area contributed by atoms with Crippen molar-refractivity contribution in [2.75, 3.05) is 26.9 Å². The number of hydrogen-bond donors (Lipinski definition) is 0. The summed E-state index contributed by atoms with van der Waals surface area (Å²) in [6.45, 7) is 1.63. The van der Waals surface area contributed by atoms with E-state index in [-0.39, 0.29) is 23.6 Å². The van der Waals surface area contributed by atoms with Gasteiger partial charge in [-0.1, -0.05) is 36.4 Å². The van der Waals surface area contributed by atoms with Gasteiger partial charge in [0.2, 0.25) is 0 Å². The van der Waals surface area contributed by atoms with Crippen LogP contribution in [0.5, 0.6) is 0 Å². The van der Waals surface area contributed by atoms with Gasteiger partial charge in [-0.05, 0) is 24.5 Å². The zero-order valence-electron chi connectivity index (χ0n) is 15.8. The molecule has 1 saturated heterocycles. The molecule has 2 aromatic rings. The third-order valence-corrected chi connectivity index (χ3v) is 5.06. The van der Waals surface area contributed by atoms with Crippen LogP contribution in [0.4, 0.5) is 0 Å². The Morgan fingerprint density at radius 3 is 2.63 bits per heavy atom. The van der Waals surface area contributed by atoms with Crippen molar-refractivity contribution in [3.63, 3.8) is 0 Å². The van der Waals surface area contributed by atoms with Crippen molar-refractivity contribution in [2.24, 2.45) is 7.05 Å². The number of benzene rings is 1. The first-order valence-corrected chi connectivity index (χ1v) is 9.23. The molecule has 27 heavy (non-hydrogen) atoms. The molecular weight excluding hydrogens is 344 g/mol. The maximum absolute atomic E-state index is 13.2. The molecule has 0 saturated carbocycles. The van der Waals surface area contributed by atoms with Crippen molar-refractivity contribution in [3.05, 3.63) is 70.1 Å². The van der Waals surface area contributed by atoms with Crippen molar-refractivity contribution < 1.29 is 14.3 Å². The fourth-order valence-corrected chi connectivity index (χ4v) is 3.58. The van der Waals surface area contributed by atoms with Gasteiger partial charge in [-0.25, -0.2) is 0 Å². The van der Waals surface area contributed by atoms with E-state index in [0.29, 0.717) is 31.9 Å². The second-order valence-electron chi connectivity index (χ2n) is 6.75. The zero-order valence-corrected chi connectivity index (χ0v) is 15.8. The molecule has 2 heterocycles. The Balaban J connectivity index is 1.84. The van der Waals surface area contributed by atoms with Crippen LogP contribution in [0.2, 0.25) is 0 Å². The molecule has 144 valence electrons. The first kappa shape index (κ1) is 19.3. The first-order valence-electron chi connectivity index (χ1n) is 9.23. The van der Waals surface area contributed by atoms with Crippen LogP contribution in [0, 0.1) is 0 Å². The lowest BCUT2D eigenvalue weighted by atomic mass is 10.0. The Labute approximate surface area is 159 Å². The number of methoxy groups -OCH3 is 1. The number of carbonyl (C=O) groups excluding carboxylic acids is 1. The Kier molecular flexibility index (Phi) is 6.42. The Morgan fingerprint density at radius 1 is 1.11 bits per heavy atom. The van der Waals surface area contributed by atoms with Crippen molar-refractivity contribution in [1.82, 2.24) is 9.47 Å². The highest BCUT2D eigenvalue weighted by Gasteiger charge is 2.38. The molecule has 1 aromatic carbocycles. The predicted molar refractivity (Wildman–Crippen MR) is 103 cm³/mol. The molecule has 0 aliphatic carbocycles. The third kappa shape index (κ3) is 4.46. The number of rotatable bonds is 7. The molecule has 1 aliphatic rings. The quantitative estimate of drug-likeness (QED) is 0.698. The van der Waals surface area contributed by atoms with E-state index in [0.717, 1.165) is 12.0 Å². The van der Waals surface area contributed by atoms with Crippen molar-refractivity contribution in [1.29, 1.82) is 0 Å². The van der Waals surface area contributed by atoms with E-state index in [1.165, 1.54) is 10.6 Å². The maximum Gasteiger partial charge on any atom is 0.270 e. The van der Waals surface area contributed by atoms with Crippen LogP contribution in [0.25, 0.3) is 0 Å². The first-order chi connectivity index (χ1) is 13.1. The van der Waals surface area contributed by atoms with Crippen LogP contribution >= 0.6 is 0 Å². The Morgan fingerprint density at radius 2 is 1.89 bits per heavy atom. The highest BCUT2D eigenvalue weighted by Crippen LogP contribution is 2.26. The molecule has 1 fully saturated rings. The number of likely N-dealkylation sites (tertiary alicyclic amines) is 1. The average molecular weight is 370 g/mol. The Hall–Kier alpha value is -2.44. The number of amides is 1. The fourth-order valence-electron chi connectivity index (χ4n) is 3.58. The van der Waals surface area contributed by atoms with Gasteiger partial charge in [0.1, 0.15) is 5.69 Å². The topological polar surface area (TPSA) is 60.8 Å². The monoisotopic (exact) mass is 370 g/mol. The maximum atomic E-state index is 13.2. The molecule has 0 bridgehead atoms. The van der Waals surface area contributed by atoms with Crippen molar-refractivity contribution >= 4 is 5.91 Å². The summed E-state index contributed by atoms with van der Waals surface area (Å²) in [5, 5.41) is 0. The van der Waals surface area contributed by atoms with Gasteiger partial charge in [0.25, 0.3) is 11.5 Å². The summed E-state index contributed by atoms with van der Waals surface area (Å²) in [6.07, 6.45) is 1.43. The van der Waals surface area contributed by atoms with Crippen molar-refractivity contribution in [3.8, 4) is 0 Å². The lowest BCUT2D eigenvalue weighted by Crippen LogP contribution is -2.43. The summed E-state index contributed by atoms with van der Waals surface area (Å²) in [7, 11) is 3.27. The standard InChI is InChI=1S/C21H26N2O4/c1-22-17(9-6-10-20(22)24)21(25)23-12-11-19(27-14-13-26-2)18(23)15-16-7-4-3-5-8-16/h3-10,18-19H,11-15H2,1-2H3/t18-,19+/m0/s1. The van der Waals surface area contributed by atoms with Gasteiger partial charge in [-0.15, -0.1) is 0 Å². The van der Waals surface area contributed by atoms with Crippen LogP contribution in [-0.2, 0) is 22.9 Å².